The van der Waals surface area contributed by atoms with E-state index in [1.54, 1.807) is 25.3 Å². The zero-order valence-corrected chi connectivity index (χ0v) is 17.9. The Balaban J connectivity index is 1.65. The van der Waals surface area contributed by atoms with Gasteiger partial charge in [-0.05, 0) is 57.2 Å². The van der Waals surface area contributed by atoms with Crippen LogP contribution in [0.3, 0.4) is 0 Å². The van der Waals surface area contributed by atoms with Crippen molar-refractivity contribution in [3.63, 3.8) is 0 Å². The summed E-state index contributed by atoms with van der Waals surface area (Å²) < 4.78 is 16.5. The molecule has 1 saturated carbocycles. The first kappa shape index (κ1) is 21.2. The van der Waals surface area contributed by atoms with E-state index < -0.39 is 0 Å². The Morgan fingerprint density at radius 3 is 2.79 bits per heavy atom. The molecule has 2 atom stereocenters. The fourth-order valence-corrected chi connectivity index (χ4v) is 4.08. The number of amides is 1. The Hall–Kier alpha value is -2.50. The van der Waals surface area contributed by atoms with Gasteiger partial charge in [-0.15, -0.1) is 0 Å². The maximum absolute atomic E-state index is 12.8. The van der Waals surface area contributed by atoms with E-state index in [0.717, 1.165) is 23.4 Å². The Kier molecular flexibility index (Phi) is 7.18. The molecule has 0 radical (unpaired) electrons. The van der Waals surface area contributed by atoms with E-state index in [9.17, 15) is 4.79 Å². The highest BCUT2D eigenvalue weighted by Gasteiger charge is 2.28. The molecule has 0 saturated heterocycles. The highest BCUT2D eigenvalue weighted by atomic mass is 16.5. The minimum absolute atomic E-state index is 0.0472. The number of carbonyl (C=O) groups is 1. The lowest BCUT2D eigenvalue weighted by Crippen LogP contribution is -2.37. The lowest BCUT2D eigenvalue weighted by molar-refractivity contribution is 0.0926. The van der Waals surface area contributed by atoms with E-state index in [1.807, 2.05) is 13.8 Å². The molecule has 158 valence electrons. The summed E-state index contributed by atoms with van der Waals surface area (Å²) in [7, 11) is 1.58. The number of hydrogen-bond donors (Lipinski definition) is 1. The minimum Gasteiger partial charge on any atom is -0.493 e. The van der Waals surface area contributed by atoms with Crippen molar-refractivity contribution in [2.24, 2.45) is 5.92 Å². The molecule has 0 aliphatic heterocycles. The van der Waals surface area contributed by atoms with E-state index in [4.69, 9.17) is 14.0 Å². The van der Waals surface area contributed by atoms with Crippen LogP contribution in [0.2, 0.25) is 0 Å². The molecule has 1 heterocycles. The number of nitrogens with zero attached hydrogens (tertiary/aromatic N) is 1. The third-order valence-electron chi connectivity index (χ3n) is 5.88. The number of carbonyl (C=O) groups excluding carboxylic acids is 1. The summed E-state index contributed by atoms with van der Waals surface area (Å²) in [6, 6.07) is 5.59. The predicted octanol–water partition coefficient (Wildman–Crippen LogP) is 4.97. The van der Waals surface area contributed by atoms with E-state index in [0.29, 0.717) is 29.6 Å². The lowest BCUT2D eigenvalue weighted by atomic mass is 9.96. The van der Waals surface area contributed by atoms with Crippen molar-refractivity contribution in [2.75, 3.05) is 7.11 Å². The van der Waals surface area contributed by atoms with Gasteiger partial charge in [0.2, 0.25) is 0 Å². The summed E-state index contributed by atoms with van der Waals surface area (Å²) in [6.07, 6.45) is 7.08. The zero-order chi connectivity index (χ0) is 20.8. The van der Waals surface area contributed by atoms with Crippen molar-refractivity contribution >= 4 is 5.91 Å². The van der Waals surface area contributed by atoms with Gasteiger partial charge in [-0.3, -0.25) is 4.79 Å². The Bertz CT molecular complexity index is 811. The van der Waals surface area contributed by atoms with Crippen molar-refractivity contribution < 1.29 is 18.8 Å². The molecule has 1 aliphatic carbocycles. The van der Waals surface area contributed by atoms with Crippen LogP contribution >= 0.6 is 0 Å². The Morgan fingerprint density at radius 2 is 2.10 bits per heavy atom. The van der Waals surface area contributed by atoms with Crippen LogP contribution < -0.4 is 14.8 Å². The first-order valence-electron chi connectivity index (χ1n) is 10.6. The molecular formula is C23H32N2O4. The molecule has 0 bridgehead atoms. The molecule has 2 aromatic rings. The van der Waals surface area contributed by atoms with Crippen LogP contribution in [0.15, 0.2) is 22.7 Å². The monoisotopic (exact) mass is 400 g/mol. The molecule has 1 aromatic heterocycles. The largest absolute Gasteiger partial charge is 0.493 e. The van der Waals surface area contributed by atoms with Crippen LogP contribution in [0.5, 0.6) is 11.5 Å². The third-order valence-corrected chi connectivity index (χ3v) is 5.88. The van der Waals surface area contributed by atoms with Gasteiger partial charge in [-0.2, -0.15) is 0 Å². The fourth-order valence-electron chi connectivity index (χ4n) is 4.08. The molecule has 1 amide bonds. The summed E-state index contributed by atoms with van der Waals surface area (Å²) in [5, 5.41) is 7.18. The van der Waals surface area contributed by atoms with E-state index in [1.165, 1.54) is 32.1 Å². The average Bonchev–Trinajstić information content (AvgIpc) is 3.30. The molecule has 6 nitrogen and oxygen atoms in total. The van der Waals surface area contributed by atoms with Gasteiger partial charge in [0.05, 0.1) is 18.4 Å². The second-order valence-electron chi connectivity index (χ2n) is 7.87. The molecule has 29 heavy (non-hydrogen) atoms. The lowest BCUT2D eigenvalue weighted by Gasteiger charge is -2.21. The summed E-state index contributed by atoms with van der Waals surface area (Å²) in [5.41, 5.74) is 2.33. The van der Waals surface area contributed by atoms with Crippen molar-refractivity contribution in [2.45, 2.75) is 71.9 Å². The number of rotatable bonds is 9. The summed E-state index contributed by atoms with van der Waals surface area (Å²) >= 11 is 0. The van der Waals surface area contributed by atoms with E-state index >= 15 is 0 Å². The second kappa shape index (κ2) is 9.81. The molecule has 3 rings (SSSR count). The first-order valence-corrected chi connectivity index (χ1v) is 10.6. The van der Waals surface area contributed by atoms with Crippen molar-refractivity contribution in [1.29, 1.82) is 0 Å². The highest BCUT2D eigenvalue weighted by molar-refractivity contribution is 5.95. The van der Waals surface area contributed by atoms with E-state index in [2.05, 4.69) is 17.4 Å². The number of unbranched alkanes of at least 4 members (excludes halogenated alkanes) is 1. The van der Waals surface area contributed by atoms with Crippen molar-refractivity contribution in [1.82, 2.24) is 10.5 Å². The maximum Gasteiger partial charge on any atom is 0.251 e. The van der Waals surface area contributed by atoms with Crippen LogP contribution in [0, 0.1) is 19.8 Å². The highest BCUT2D eigenvalue weighted by Crippen LogP contribution is 2.32. The van der Waals surface area contributed by atoms with Crippen LogP contribution in [0.25, 0.3) is 0 Å². The van der Waals surface area contributed by atoms with E-state index in [-0.39, 0.29) is 11.9 Å². The second-order valence-corrected chi connectivity index (χ2v) is 7.87. The molecular weight excluding hydrogens is 368 g/mol. The van der Waals surface area contributed by atoms with Gasteiger partial charge in [0, 0.05) is 11.6 Å². The Labute approximate surface area is 172 Å². The number of aryl methyl sites for hydroxylation is 2. The quantitative estimate of drug-likeness (QED) is 0.643. The number of benzene rings is 1. The zero-order valence-electron chi connectivity index (χ0n) is 17.9. The van der Waals surface area contributed by atoms with Gasteiger partial charge in [-0.25, -0.2) is 0 Å². The number of nitrogens with one attached hydrogen (secondary N) is 1. The molecule has 1 N–H and O–H groups in total. The summed E-state index contributed by atoms with van der Waals surface area (Å²) in [4.78, 5) is 12.8. The number of ether oxygens (including phenoxy) is 2. The summed E-state index contributed by atoms with van der Waals surface area (Å²) in [5.74, 6) is 2.42. The first-order chi connectivity index (χ1) is 14.0. The van der Waals surface area contributed by atoms with Crippen LogP contribution in [-0.2, 0) is 6.61 Å². The van der Waals surface area contributed by atoms with Crippen molar-refractivity contribution in [3.05, 3.63) is 40.8 Å². The summed E-state index contributed by atoms with van der Waals surface area (Å²) in [6.45, 7) is 6.30. The molecule has 0 spiro atoms. The van der Waals surface area contributed by atoms with Crippen molar-refractivity contribution in [3.8, 4) is 11.5 Å². The maximum atomic E-state index is 12.8. The van der Waals surface area contributed by atoms with Gasteiger partial charge in [-0.1, -0.05) is 31.3 Å². The van der Waals surface area contributed by atoms with Gasteiger partial charge in [0.25, 0.3) is 5.91 Å². The van der Waals surface area contributed by atoms with Gasteiger partial charge in [0.15, 0.2) is 11.5 Å². The molecule has 2 unspecified atom stereocenters. The fraction of sp³-hybridized carbons (Fsp3) is 0.565. The smallest absolute Gasteiger partial charge is 0.251 e. The molecule has 1 aromatic carbocycles. The van der Waals surface area contributed by atoms with Gasteiger partial charge < -0.3 is 19.3 Å². The standard InChI is InChI=1S/C23H32N2O4/c1-5-6-8-17-9-7-10-20(17)24-23(26)18-11-12-21(22(13-18)27-4)28-14-19-15(2)25-29-16(19)3/h11-13,17,20H,5-10,14H2,1-4H3,(H,24,26). The topological polar surface area (TPSA) is 73.6 Å². The third kappa shape index (κ3) is 5.11. The molecule has 1 aliphatic rings. The van der Waals surface area contributed by atoms with Gasteiger partial charge >= 0.3 is 0 Å². The SMILES string of the molecule is CCCCC1CCCC1NC(=O)c1ccc(OCc2c(C)noc2C)c(OC)c1. The molecule has 6 heteroatoms. The minimum atomic E-state index is -0.0472. The van der Waals surface area contributed by atoms with Gasteiger partial charge in [0.1, 0.15) is 12.4 Å². The average molecular weight is 401 g/mol. The number of aromatic nitrogens is 1. The van der Waals surface area contributed by atoms with Crippen LogP contribution in [0.4, 0.5) is 0 Å². The van der Waals surface area contributed by atoms with Crippen LogP contribution in [0.1, 0.15) is 72.8 Å². The Morgan fingerprint density at radius 1 is 1.28 bits per heavy atom. The molecule has 1 fully saturated rings. The normalized spacial score (nSPS) is 18.6. The number of hydrogen-bond acceptors (Lipinski definition) is 5. The van der Waals surface area contributed by atoms with Crippen LogP contribution in [-0.4, -0.2) is 24.2 Å². The predicted molar refractivity (Wildman–Crippen MR) is 111 cm³/mol. The number of methoxy groups -OCH3 is 1.